The Morgan fingerprint density at radius 3 is 1.00 bits per heavy atom. The quantitative estimate of drug-likeness (QED) is 0.168. The molecule has 0 amide bonds. The monoisotopic (exact) mass is 782 g/mol. The first-order valence-corrected chi connectivity index (χ1v) is 16.2. The molecule has 0 radical (unpaired) electrons. The van der Waals surface area contributed by atoms with Gasteiger partial charge in [0.2, 0.25) is 0 Å². The number of benzene rings is 5. The summed E-state index contributed by atoms with van der Waals surface area (Å²) in [5, 5.41) is 9.90. The van der Waals surface area contributed by atoms with E-state index in [1.807, 2.05) is 6.07 Å². The molecule has 0 aliphatic carbocycles. The van der Waals surface area contributed by atoms with Crippen molar-refractivity contribution in [2.24, 2.45) is 0 Å². The largest absolute Gasteiger partial charge is 0.416 e. The Hall–Kier alpha value is -6.50. The number of nitrogens with zero attached hydrogens (tertiary/aromatic N) is 4. The topological polar surface area (TPSA) is 46.5 Å². The number of hydrogen-bond donors (Lipinski definition) is 0. The molecule has 3 heterocycles. The smallest absolute Gasteiger partial charge is 0.307 e. The molecule has 8 aromatic rings. The third-order valence-electron chi connectivity index (χ3n) is 9.53. The number of pyridine rings is 1. The van der Waals surface area contributed by atoms with Crippen LogP contribution < -0.4 is 0 Å². The third-order valence-corrected chi connectivity index (χ3v) is 9.53. The van der Waals surface area contributed by atoms with E-state index in [0.717, 1.165) is 94.3 Å². The fraction of sp³-hybridized carbons (Fsp3) is 0.100. The minimum atomic E-state index is -4.90. The minimum absolute atomic E-state index is 0.0632. The molecule has 4 nitrogen and oxygen atoms in total. The van der Waals surface area contributed by atoms with E-state index in [-0.39, 0.29) is 71.7 Å². The minimum Gasteiger partial charge on any atom is -0.307 e. The Morgan fingerprint density at radius 2 is 0.732 bits per heavy atom. The molecule has 0 aliphatic rings. The van der Waals surface area contributed by atoms with Crippen molar-refractivity contribution in [3.8, 4) is 28.6 Å². The van der Waals surface area contributed by atoms with Crippen LogP contribution in [-0.2, 0) is 24.7 Å². The van der Waals surface area contributed by atoms with Crippen LogP contribution in [0.15, 0.2) is 109 Å². The molecular formula is C40H18F12N4. The van der Waals surface area contributed by atoms with E-state index < -0.39 is 47.0 Å². The summed E-state index contributed by atoms with van der Waals surface area (Å²) in [7, 11) is 0. The zero-order valence-electron chi connectivity index (χ0n) is 27.7. The Bertz CT molecular complexity index is 2610. The fourth-order valence-corrected chi connectivity index (χ4v) is 7.05. The second-order valence-corrected chi connectivity index (χ2v) is 12.8. The first kappa shape index (κ1) is 36.5. The molecule has 16 heteroatoms. The summed E-state index contributed by atoms with van der Waals surface area (Å²) in [6.07, 6.45) is -17.4. The van der Waals surface area contributed by atoms with Crippen molar-refractivity contribution in [2.75, 3.05) is 0 Å². The molecule has 0 bridgehead atoms. The van der Waals surface area contributed by atoms with Crippen LogP contribution in [0, 0.1) is 11.3 Å². The Labute approximate surface area is 306 Å². The van der Waals surface area contributed by atoms with E-state index >= 15 is 0 Å². The van der Waals surface area contributed by atoms with Crippen LogP contribution in [0.1, 0.15) is 27.8 Å². The highest BCUT2D eigenvalue weighted by atomic mass is 19.4. The number of aromatic nitrogens is 3. The molecule has 0 saturated carbocycles. The van der Waals surface area contributed by atoms with E-state index in [9.17, 15) is 57.9 Å². The maximum Gasteiger partial charge on any atom is 0.416 e. The first-order valence-electron chi connectivity index (χ1n) is 16.2. The summed E-state index contributed by atoms with van der Waals surface area (Å²) in [6, 6.07) is 17.7. The van der Waals surface area contributed by atoms with Gasteiger partial charge < -0.3 is 9.13 Å². The van der Waals surface area contributed by atoms with Gasteiger partial charge >= 0.3 is 24.7 Å². The Morgan fingerprint density at radius 1 is 0.429 bits per heavy atom. The van der Waals surface area contributed by atoms with Gasteiger partial charge in [-0.3, -0.25) is 4.98 Å². The van der Waals surface area contributed by atoms with Crippen molar-refractivity contribution in [3.63, 3.8) is 0 Å². The van der Waals surface area contributed by atoms with Gasteiger partial charge in [-0.05, 0) is 66.2 Å². The fourth-order valence-electron chi connectivity index (χ4n) is 7.05. The zero-order valence-corrected chi connectivity index (χ0v) is 27.7. The van der Waals surface area contributed by atoms with E-state index in [2.05, 4.69) is 4.98 Å². The van der Waals surface area contributed by atoms with Gasteiger partial charge in [0.15, 0.2) is 0 Å². The number of rotatable bonds is 3. The lowest BCUT2D eigenvalue weighted by atomic mass is 10.0. The van der Waals surface area contributed by atoms with Crippen LogP contribution in [0.2, 0.25) is 0 Å². The molecule has 0 atom stereocenters. The van der Waals surface area contributed by atoms with Gasteiger partial charge in [-0.15, -0.1) is 0 Å². The maximum atomic E-state index is 14.2. The molecule has 8 rings (SSSR count). The van der Waals surface area contributed by atoms with Gasteiger partial charge in [0, 0.05) is 27.1 Å². The van der Waals surface area contributed by atoms with E-state index in [1.165, 1.54) is 24.3 Å². The van der Waals surface area contributed by atoms with Crippen molar-refractivity contribution in [1.82, 2.24) is 14.1 Å². The third kappa shape index (κ3) is 5.94. The first-order chi connectivity index (χ1) is 26.3. The lowest BCUT2D eigenvalue weighted by Crippen LogP contribution is -2.09. The highest BCUT2D eigenvalue weighted by molar-refractivity contribution is 6.12. The van der Waals surface area contributed by atoms with Crippen LogP contribution in [0.25, 0.3) is 66.1 Å². The summed E-state index contributed by atoms with van der Waals surface area (Å²) in [5.74, 6) is 0. The van der Waals surface area contributed by atoms with Crippen LogP contribution in [0.5, 0.6) is 0 Å². The maximum absolute atomic E-state index is 14.2. The molecule has 0 unspecified atom stereocenters. The SMILES string of the molecule is N#Cc1ccc(-c2c(-n3c4cc(C(F)(F)F)ccc4c4ccc(C(F)(F)F)cc43)cncc2-n2c3cc(C(F)(F)F)ccc3c3ccc(C(F)(F)F)cc32)cc1. The van der Waals surface area contributed by atoms with Crippen LogP contribution in [-0.4, -0.2) is 14.1 Å². The van der Waals surface area contributed by atoms with Crippen LogP contribution in [0.3, 0.4) is 0 Å². The average Bonchev–Trinajstić information content (AvgIpc) is 3.64. The summed E-state index contributed by atoms with van der Waals surface area (Å²) < 4.78 is 172. The van der Waals surface area contributed by atoms with Gasteiger partial charge in [-0.1, -0.05) is 36.4 Å². The number of fused-ring (bicyclic) bond motifs is 6. The molecule has 0 spiro atoms. The van der Waals surface area contributed by atoms with Crippen molar-refractivity contribution < 1.29 is 52.7 Å². The lowest BCUT2D eigenvalue weighted by molar-refractivity contribution is -0.138. The highest BCUT2D eigenvalue weighted by Gasteiger charge is 2.36. The second-order valence-electron chi connectivity index (χ2n) is 12.8. The molecule has 3 aromatic heterocycles. The van der Waals surface area contributed by atoms with E-state index in [0.29, 0.717) is 0 Å². The van der Waals surface area contributed by atoms with Crippen molar-refractivity contribution >= 4 is 43.6 Å². The Kier molecular flexibility index (Phi) is 7.98. The summed E-state index contributed by atoms with van der Waals surface area (Å²) in [4.78, 5) is 4.25. The van der Waals surface area contributed by atoms with Gasteiger partial charge in [0.05, 0.1) is 79.7 Å². The highest BCUT2D eigenvalue weighted by Crippen LogP contribution is 2.45. The molecular weight excluding hydrogens is 764 g/mol. The summed E-state index contributed by atoms with van der Waals surface area (Å²) >= 11 is 0. The Balaban J connectivity index is 1.58. The average molecular weight is 783 g/mol. The molecule has 0 fully saturated rings. The van der Waals surface area contributed by atoms with Gasteiger partial charge in [-0.25, -0.2) is 0 Å². The van der Waals surface area contributed by atoms with E-state index in [1.54, 1.807) is 0 Å². The lowest BCUT2D eigenvalue weighted by Gasteiger charge is -2.20. The summed E-state index contributed by atoms with van der Waals surface area (Å²) in [6.45, 7) is 0. The van der Waals surface area contributed by atoms with Crippen molar-refractivity contribution in [1.29, 1.82) is 5.26 Å². The van der Waals surface area contributed by atoms with E-state index in [4.69, 9.17) is 0 Å². The van der Waals surface area contributed by atoms with Gasteiger partial charge in [0.1, 0.15) is 0 Å². The number of halogens is 12. The zero-order chi connectivity index (χ0) is 40.1. The standard InChI is InChI=1S/C40H18F12N4/c41-37(42,43)22-5-9-26-27-10-6-23(38(44,45)46)14-31(27)55(30(26)13-22)34-18-54-19-35(36(34)21-3-1-20(17-53)2-4-21)56-32-15-24(39(47,48)49)7-11-28(32)29-12-8-25(16-33(29)56)40(50,51)52/h1-16,18-19H. The molecule has 56 heavy (non-hydrogen) atoms. The molecule has 0 aliphatic heterocycles. The number of hydrogen-bond acceptors (Lipinski definition) is 2. The predicted molar refractivity (Wildman–Crippen MR) is 183 cm³/mol. The van der Waals surface area contributed by atoms with Gasteiger partial charge in [-0.2, -0.15) is 57.9 Å². The van der Waals surface area contributed by atoms with Crippen molar-refractivity contribution in [3.05, 3.63) is 137 Å². The summed E-state index contributed by atoms with van der Waals surface area (Å²) in [5.41, 5.74) is -5.71. The number of alkyl halides is 12. The number of nitriles is 1. The van der Waals surface area contributed by atoms with Crippen LogP contribution in [0.4, 0.5) is 52.7 Å². The molecule has 282 valence electrons. The molecule has 5 aromatic carbocycles. The second kappa shape index (κ2) is 12.3. The van der Waals surface area contributed by atoms with Crippen LogP contribution >= 0.6 is 0 Å². The molecule has 0 N–H and O–H groups in total. The normalized spacial score (nSPS) is 13.0. The molecule has 0 saturated heterocycles. The predicted octanol–water partition coefficient (Wildman–Crippen LogP) is 12.9. The van der Waals surface area contributed by atoms with Gasteiger partial charge in [0.25, 0.3) is 0 Å². The van der Waals surface area contributed by atoms with Crippen molar-refractivity contribution in [2.45, 2.75) is 24.7 Å².